The van der Waals surface area contributed by atoms with Gasteiger partial charge in [0.05, 0.1) is 5.56 Å². The predicted octanol–water partition coefficient (Wildman–Crippen LogP) is 5.47. The van der Waals surface area contributed by atoms with Crippen LogP contribution in [0.1, 0.15) is 30.9 Å². The lowest BCUT2D eigenvalue weighted by Crippen LogP contribution is -2.08. The average Bonchev–Trinajstić information content (AvgIpc) is 2.41. The summed E-state index contributed by atoms with van der Waals surface area (Å²) in [6, 6.07) is 7.23. The first-order chi connectivity index (χ1) is 10.2. The molecule has 2 aromatic rings. The van der Waals surface area contributed by atoms with Crippen LogP contribution >= 0.6 is 0 Å². The number of rotatable bonds is 3. The molecule has 0 radical (unpaired) electrons. The molecule has 0 fully saturated rings. The molecular weight excluding hydrogens is 300 g/mol. The van der Waals surface area contributed by atoms with Gasteiger partial charge in [0, 0.05) is 0 Å². The standard InChI is InChI=1S/C16H14F4O2/c1-9(2)10-6-7-13(12(21)8-10)22-14-5-3-4-11(15(14)17)16(18,19)20/h3-9,21H,1-2H3. The Morgan fingerprint density at radius 3 is 2.27 bits per heavy atom. The summed E-state index contributed by atoms with van der Waals surface area (Å²) in [4.78, 5) is 0. The number of hydrogen-bond acceptors (Lipinski definition) is 2. The van der Waals surface area contributed by atoms with Crippen LogP contribution in [0.15, 0.2) is 36.4 Å². The molecule has 2 nitrogen and oxygen atoms in total. The summed E-state index contributed by atoms with van der Waals surface area (Å²) < 4.78 is 56.9. The van der Waals surface area contributed by atoms with Crippen molar-refractivity contribution in [2.24, 2.45) is 0 Å². The van der Waals surface area contributed by atoms with E-state index in [1.54, 1.807) is 6.07 Å². The second kappa shape index (κ2) is 5.87. The second-order valence-corrected chi connectivity index (χ2v) is 5.10. The van der Waals surface area contributed by atoms with Gasteiger partial charge in [0.2, 0.25) is 0 Å². The number of aromatic hydroxyl groups is 1. The van der Waals surface area contributed by atoms with Crippen molar-refractivity contribution in [3.63, 3.8) is 0 Å². The van der Waals surface area contributed by atoms with Gasteiger partial charge in [-0.3, -0.25) is 0 Å². The molecule has 0 heterocycles. The first-order valence-corrected chi connectivity index (χ1v) is 6.56. The summed E-state index contributed by atoms with van der Waals surface area (Å²) in [5, 5.41) is 9.85. The number of phenolic OH excluding ortho intramolecular Hbond substituents is 1. The molecule has 0 saturated carbocycles. The molecule has 118 valence electrons. The largest absolute Gasteiger partial charge is 0.504 e. The zero-order valence-electron chi connectivity index (χ0n) is 11.9. The first-order valence-electron chi connectivity index (χ1n) is 6.56. The Hall–Kier alpha value is -2.24. The Balaban J connectivity index is 2.36. The maximum Gasteiger partial charge on any atom is 0.419 e. The fourth-order valence-electron chi connectivity index (χ4n) is 1.91. The van der Waals surface area contributed by atoms with Gasteiger partial charge < -0.3 is 9.84 Å². The van der Waals surface area contributed by atoms with Gasteiger partial charge in [0.15, 0.2) is 23.1 Å². The van der Waals surface area contributed by atoms with E-state index >= 15 is 0 Å². The van der Waals surface area contributed by atoms with Crippen molar-refractivity contribution in [1.82, 2.24) is 0 Å². The van der Waals surface area contributed by atoms with E-state index in [4.69, 9.17) is 4.74 Å². The maximum absolute atomic E-state index is 13.9. The molecular formula is C16H14F4O2. The van der Waals surface area contributed by atoms with Crippen molar-refractivity contribution in [2.45, 2.75) is 25.9 Å². The molecule has 6 heteroatoms. The highest BCUT2D eigenvalue weighted by molar-refractivity contribution is 5.46. The monoisotopic (exact) mass is 314 g/mol. The van der Waals surface area contributed by atoms with Crippen LogP contribution in [0, 0.1) is 5.82 Å². The molecule has 0 saturated heterocycles. The van der Waals surface area contributed by atoms with E-state index in [-0.39, 0.29) is 17.4 Å². The highest BCUT2D eigenvalue weighted by atomic mass is 19.4. The van der Waals surface area contributed by atoms with Crippen LogP contribution in [0.4, 0.5) is 17.6 Å². The lowest BCUT2D eigenvalue weighted by atomic mass is 10.0. The minimum absolute atomic E-state index is 0.109. The molecule has 2 rings (SSSR count). The minimum atomic E-state index is -4.81. The third-order valence-electron chi connectivity index (χ3n) is 3.14. The van der Waals surface area contributed by atoms with Gasteiger partial charge in [0.25, 0.3) is 0 Å². The van der Waals surface area contributed by atoms with Gasteiger partial charge in [0.1, 0.15) is 0 Å². The van der Waals surface area contributed by atoms with Crippen molar-refractivity contribution in [3.8, 4) is 17.2 Å². The number of halogens is 4. The Morgan fingerprint density at radius 1 is 1.05 bits per heavy atom. The fraction of sp³-hybridized carbons (Fsp3) is 0.250. The van der Waals surface area contributed by atoms with E-state index in [1.165, 1.54) is 12.1 Å². The number of phenols is 1. The molecule has 2 aromatic carbocycles. The lowest BCUT2D eigenvalue weighted by molar-refractivity contribution is -0.140. The molecule has 0 aliphatic carbocycles. The molecule has 0 bridgehead atoms. The van der Waals surface area contributed by atoms with Crippen molar-refractivity contribution < 1.29 is 27.4 Å². The van der Waals surface area contributed by atoms with Crippen molar-refractivity contribution >= 4 is 0 Å². The predicted molar refractivity (Wildman–Crippen MR) is 73.7 cm³/mol. The number of ether oxygens (including phenoxy) is 1. The van der Waals surface area contributed by atoms with Crippen LogP contribution < -0.4 is 4.74 Å². The lowest BCUT2D eigenvalue weighted by Gasteiger charge is -2.14. The van der Waals surface area contributed by atoms with Gasteiger partial charge in [-0.25, -0.2) is 4.39 Å². The Morgan fingerprint density at radius 2 is 1.73 bits per heavy atom. The van der Waals surface area contributed by atoms with E-state index in [1.807, 2.05) is 13.8 Å². The average molecular weight is 314 g/mol. The summed E-state index contributed by atoms with van der Waals surface area (Å²) in [6.45, 7) is 3.84. The van der Waals surface area contributed by atoms with Gasteiger partial charge in [-0.15, -0.1) is 0 Å². The minimum Gasteiger partial charge on any atom is -0.504 e. The normalized spacial score (nSPS) is 11.8. The van der Waals surface area contributed by atoms with Crippen LogP contribution in [0.5, 0.6) is 17.2 Å². The summed E-state index contributed by atoms with van der Waals surface area (Å²) in [5.74, 6) is -2.32. The van der Waals surface area contributed by atoms with Crippen molar-refractivity contribution in [3.05, 3.63) is 53.3 Å². The SMILES string of the molecule is CC(C)c1ccc(Oc2cccc(C(F)(F)F)c2F)c(O)c1. The van der Waals surface area contributed by atoms with Gasteiger partial charge in [-0.2, -0.15) is 13.2 Å². The van der Waals surface area contributed by atoms with Crippen LogP contribution in [0.25, 0.3) is 0 Å². The van der Waals surface area contributed by atoms with Crippen LogP contribution in [-0.2, 0) is 6.18 Å². The second-order valence-electron chi connectivity index (χ2n) is 5.10. The molecule has 0 atom stereocenters. The molecule has 0 aliphatic rings. The Labute approximate surface area is 125 Å². The van der Waals surface area contributed by atoms with Crippen LogP contribution in [0.2, 0.25) is 0 Å². The topological polar surface area (TPSA) is 29.5 Å². The Bertz CT molecular complexity index is 678. The molecule has 0 unspecified atom stereocenters. The number of hydrogen-bond donors (Lipinski definition) is 1. The van der Waals surface area contributed by atoms with E-state index in [2.05, 4.69) is 0 Å². The van der Waals surface area contributed by atoms with E-state index in [0.717, 1.165) is 17.7 Å². The van der Waals surface area contributed by atoms with E-state index in [9.17, 15) is 22.7 Å². The zero-order chi connectivity index (χ0) is 16.5. The number of alkyl halides is 3. The molecule has 0 aromatic heterocycles. The van der Waals surface area contributed by atoms with Crippen LogP contribution in [0.3, 0.4) is 0 Å². The van der Waals surface area contributed by atoms with Gasteiger partial charge in [-0.1, -0.05) is 26.0 Å². The van der Waals surface area contributed by atoms with E-state index < -0.39 is 23.3 Å². The van der Waals surface area contributed by atoms with Crippen LogP contribution in [-0.4, -0.2) is 5.11 Å². The maximum atomic E-state index is 13.9. The smallest absolute Gasteiger partial charge is 0.419 e. The molecule has 0 amide bonds. The summed E-state index contributed by atoms with van der Waals surface area (Å²) in [5.41, 5.74) is -0.586. The molecule has 0 spiro atoms. The van der Waals surface area contributed by atoms with Crippen molar-refractivity contribution in [1.29, 1.82) is 0 Å². The molecule has 22 heavy (non-hydrogen) atoms. The summed E-state index contributed by atoms with van der Waals surface area (Å²) in [6.07, 6.45) is -4.81. The zero-order valence-corrected chi connectivity index (χ0v) is 11.9. The third-order valence-corrected chi connectivity index (χ3v) is 3.14. The first kappa shape index (κ1) is 16.1. The molecule has 1 N–H and O–H groups in total. The third kappa shape index (κ3) is 3.32. The quantitative estimate of drug-likeness (QED) is 0.762. The summed E-state index contributed by atoms with van der Waals surface area (Å²) >= 11 is 0. The van der Waals surface area contributed by atoms with Crippen molar-refractivity contribution in [2.75, 3.05) is 0 Å². The van der Waals surface area contributed by atoms with Gasteiger partial charge >= 0.3 is 6.18 Å². The highest BCUT2D eigenvalue weighted by Gasteiger charge is 2.35. The highest BCUT2D eigenvalue weighted by Crippen LogP contribution is 2.38. The molecule has 0 aliphatic heterocycles. The van der Waals surface area contributed by atoms with Gasteiger partial charge in [-0.05, 0) is 35.7 Å². The fourth-order valence-corrected chi connectivity index (χ4v) is 1.91. The van der Waals surface area contributed by atoms with E-state index in [0.29, 0.717) is 6.07 Å². The summed E-state index contributed by atoms with van der Waals surface area (Å²) in [7, 11) is 0. The number of benzene rings is 2. The Kier molecular flexibility index (Phi) is 4.30.